The first-order valence-electron chi connectivity index (χ1n) is 10.6. The van der Waals surface area contributed by atoms with Gasteiger partial charge in [0.25, 0.3) is 0 Å². The normalized spacial score (nSPS) is 16.1. The summed E-state index contributed by atoms with van der Waals surface area (Å²) in [5.74, 6) is -1.24. The Labute approximate surface area is 182 Å². The summed E-state index contributed by atoms with van der Waals surface area (Å²) in [6.07, 6.45) is 1.82. The fourth-order valence-electron chi connectivity index (χ4n) is 4.19. The van der Waals surface area contributed by atoms with Gasteiger partial charge in [0, 0.05) is 17.0 Å². The topological polar surface area (TPSA) is 38.7 Å². The predicted octanol–water partition coefficient (Wildman–Crippen LogP) is 6.25. The third-order valence-electron chi connectivity index (χ3n) is 5.83. The van der Waals surface area contributed by atoms with Gasteiger partial charge in [-0.3, -0.25) is 0 Å². The van der Waals surface area contributed by atoms with E-state index < -0.39 is 17.6 Å². The van der Waals surface area contributed by atoms with Gasteiger partial charge in [-0.1, -0.05) is 72.8 Å². The Morgan fingerprint density at radius 2 is 1.55 bits per heavy atom. The third kappa shape index (κ3) is 4.58. The van der Waals surface area contributed by atoms with Gasteiger partial charge < -0.3 is 4.74 Å². The predicted molar refractivity (Wildman–Crippen MR) is 122 cm³/mol. The highest BCUT2D eigenvalue weighted by atomic mass is 19.1. The van der Waals surface area contributed by atoms with Crippen LogP contribution in [0.5, 0.6) is 0 Å². The van der Waals surface area contributed by atoms with Crippen LogP contribution in [0.3, 0.4) is 0 Å². The third-order valence-corrected chi connectivity index (χ3v) is 5.83. The van der Waals surface area contributed by atoms with Crippen molar-refractivity contribution in [3.63, 3.8) is 0 Å². The second kappa shape index (κ2) is 8.84. The van der Waals surface area contributed by atoms with Gasteiger partial charge in [-0.05, 0) is 43.4 Å². The van der Waals surface area contributed by atoms with Crippen LogP contribution in [0.2, 0.25) is 0 Å². The lowest BCUT2D eigenvalue weighted by Crippen LogP contribution is -2.39. The van der Waals surface area contributed by atoms with Gasteiger partial charge in [0.1, 0.15) is 0 Å². The Bertz CT molecular complexity index is 1030. The van der Waals surface area contributed by atoms with Crippen LogP contribution in [-0.2, 0) is 9.53 Å². The molecule has 0 aliphatic heterocycles. The van der Waals surface area contributed by atoms with Crippen LogP contribution >= 0.6 is 0 Å². The summed E-state index contributed by atoms with van der Waals surface area (Å²) < 4.78 is 20.3. The molecule has 4 rings (SSSR count). The van der Waals surface area contributed by atoms with E-state index >= 15 is 4.39 Å². The monoisotopic (exact) mass is 415 g/mol. The molecule has 0 saturated heterocycles. The number of ether oxygens (including phenoxy) is 1. The Morgan fingerprint density at radius 1 is 0.968 bits per heavy atom. The molecule has 3 aromatic rings. The van der Waals surface area contributed by atoms with E-state index in [4.69, 9.17) is 9.73 Å². The molecule has 0 bridgehead atoms. The van der Waals surface area contributed by atoms with E-state index in [1.54, 1.807) is 0 Å². The Morgan fingerprint density at radius 3 is 2.06 bits per heavy atom. The minimum atomic E-state index is -2.08. The molecular formula is C27H26FNO2. The molecule has 0 heterocycles. The van der Waals surface area contributed by atoms with Gasteiger partial charge in [0.05, 0.1) is 18.5 Å². The Balaban J connectivity index is 1.77. The highest BCUT2D eigenvalue weighted by molar-refractivity contribution is 6.13. The Hall–Kier alpha value is -3.27. The van der Waals surface area contributed by atoms with Crippen molar-refractivity contribution in [3.05, 3.63) is 102 Å². The zero-order valence-electron chi connectivity index (χ0n) is 17.8. The first-order valence-corrected chi connectivity index (χ1v) is 10.6. The molecule has 0 radical (unpaired) electrons. The van der Waals surface area contributed by atoms with Gasteiger partial charge >= 0.3 is 5.97 Å². The number of rotatable bonds is 7. The second-order valence-corrected chi connectivity index (χ2v) is 8.17. The summed E-state index contributed by atoms with van der Waals surface area (Å²) in [5, 5.41) is 0. The van der Waals surface area contributed by atoms with E-state index in [0.29, 0.717) is 0 Å². The maximum Gasteiger partial charge on any atom is 0.343 e. The number of carbonyl (C=O) groups is 1. The van der Waals surface area contributed by atoms with Crippen LogP contribution in [0.15, 0.2) is 89.9 Å². The summed E-state index contributed by atoms with van der Waals surface area (Å²) in [6.45, 7) is 1.33. The molecule has 1 aliphatic rings. The smallest absolute Gasteiger partial charge is 0.343 e. The van der Waals surface area contributed by atoms with Gasteiger partial charge in [-0.25, -0.2) is 14.2 Å². The van der Waals surface area contributed by atoms with E-state index in [0.717, 1.165) is 40.9 Å². The SMILES string of the molecule is COC(=O)C(C)(F)C(c1cccc(N=C(c2ccccc2)c2ccccc2)c1)C1CC1. The minimum Gasteiger partial charge on any atom is -0.467 e. The van der Waals surface area contributed by atoms with Crippen molar-refractivity contribution in [1.29, 1.82) is 0 Å². The number of hydrogen-bond acceptors (Lipinski definition) is 3. The fourth-order valence-corrected chi connectivity index (χ4v) is 4.19. The van der Waals surface area contributed by atoms with E-state index in [1.807, 2.05) is 84.9 Å². The van der Waals surface area contributed by atoms with Crippen molar-refractivity contribution < 1.29 is 13.9 Å². The van der Waals surface area contributed by atoms with Crippen molar-refractivity contribution in [1.82, 2.24) is 0 Å². The lowest BCUT2D eigenvalue weighted by molar-refractivity contribution is -0.155. The minimum absolute atomic E-state index is 0.135. The highest BCUT2D eigenvalue weighted by Gasteiger charge is 2.50. The molecule has 0 amide bonds. The number of halogens is 1. The van der Waals surface area contributed by atoms with Gasteiger partial charge in [0.2, 0.25) is 5.67 Å². The summed E-state index contributed by atoms with van der Waals surface area (Å²) >= 11 is 0. The molecule has 1 saturated carbocycles. The van der Waals surface area contributed by atoms with E-state index in [9.17, 15) is 4.79 Å². The molecule has 2 atom stereocenters. The lowest BCUT2D eigenvalue weighted by Gasteiger charge is -2.28. The van der Waals surface area contributed by atoms with Crippen molar-refractivity contribution in [2.24, 2.45) is 10.9 Å². The van der Waals surface area contributed by atoms with Gasteiger partial charge in [0.15, 0.2) is 0 Å². The molecule has 0 aromatic heterocycles. The first kappa shape index (κ1) is 21.0. The summed E-state index contributed by atoms with van der Waals surface area (Å²) in [7, 11) is 1.23. The molecule has 2 unspecified atom stereocenters. The first-order chi connectivity index (χ1) is 15.0. The average Bonchev–Trinajstić information content (AvgIpc) is 3.63. The van der Waals surface area contributed by atoms with E-state index in [-0.39, 0.29) is 5.92 Å². The molecular weight excluding hydrogens is 389 g/mol. The number of methoxy groups -OCH3 is 1. The summed E-state index contributed by atoms with van der Waals surface area (Å²) in [4.78, 5) is 17.1. The van der Waals surface area contributed by atoms with Gasteiger partial charge in [-0.15, -0.1) is 0 Å². The zero-order valence-corrected chi connectivity index (χ0v) is 17.8. The van der Waals surface area contributed by atoms with Crippen LogP contribution in [-0.4, -0.2) is 24.5 Å². The number of benzene rings is 3. The maximum absolute atomic E-state index is 15.5. The van der Waals surface area contributed by atoms with Crippen molar-refractivity contribution in [2.75, 3.05) is 7.11 Å². The number of nitrogens with zero attached hydrogens (tertiary/aromatic N) is 1. The van der Waals surface area contributed by atoms with Crippen LogP contribution < -0.4 is 0 Å². The van der Waals surface area contributed by atoms with E-state index in [1.165, 1.54) is 14.0 Å². The molecule has 3 nitrogen and oxygen atoms in total. The van der Waals surface area contributed by atoms with Crippen LogP contribution in [0.1, 0.15) is 42.4 Å². The summed E-state index contributed by atoms with van der Waals surface area (Å²) in [6, 6.07) is 27.6. The number of esters is 1. The van der Waals surface area contributed by atoms with Crippen molar-refractivity contribution in [3.8, 4) is 0 Å². The van der Waals surface area contributed by atoms with Crippen LogP contribution in [0, 0.1) is 5.92 Å². The number of alkyl halides is 1. The maximum atomic E-state index is 15.5. The molecule has 3 aromatic carbocycles. The Kier molecular flexibility index (Phi) is 5.99. The second-order valence-electron chi connectivity index (χ2n) is 8.17. The molecule has 1 aliphatic carbocycles. The number of carbonyl (C=O) groups excluding carboxylic acids is 1. The van der Waals surface area contributed by atoms with Crippen molar-refractivity contribution in [2.45, 2.75) is 31.4 Å². The number of aliphatic imine (C=N–C) groups is 1. The van der Waals surface area contributed by atoms with Crippen LogP contribution in [0.25, 0.3) is 0 Å². The molecule has 31 heavy (non-hydrogen) atoms. The van der Waals surface area contributed by atoms with Gasteiger partial charge in [-0.2, -0.15) is 0 Å². The van der Waals surface area contributed by atoms with Crippen molar-refractivity contribution >= 4 is 17.4 Å². The standard InChI is InChI=1S/C27H26FNO2/c1-27(28,26(30)31-2)24(19-16-17-19)22-14-9-15-23(18-22)29-25(20-10-5-3-6-11-20)21-12-7-4-8-13-21/h3-15,18-19,24H,16-17H2,1-2H3. The van der Waals surface area contributed by atoms with E-state index in [2.05, 4.69) is 0 Å². The zero-order chi connectivity index (χ0) is 21.8. The quantitative estimate of drug-likeness (QED) is 0.338. The lowest BCUT2D eigenvalue weighted by atomic mass is 9.81. The van der Waals surface area contributed by atoms with Crippen LogP contribution in [0.4, 0.5) is 10.1 Å². The average molecular weight is 416 g/mol. The summed E-state index contributed by atoms with van der Waals surface area (Å²) in [5.41, 5.74) is 2.27. The molecule has 1 fully saturated rings. The highest BCUT2D eigenvalue weighted by Crippen LogP contribution is 2.50. The molecule has 4 heteroatoms. The number of hydrogen-bond donors (Lipinski definition) is 0. The fraction of sp³-hybridized carbons (Fsp3) is 0.259. The largest absolute Gasteiger partial charge is 0.467 e. The molecule has 0 spiro atoms. The molecule has 158 valence electrons. The molecule has 0 N–H and O–H groups in total.